The summed E-state index contributed by atoms with van der Waals surface area (Å²) in [5, 5.41) is 0. The van der Waals surface area contributed by atoms with Crippen LogP contribution in [0.25, 0.3) is 0 Å². The number of carbonyl (C=O) groups is 2. The SMILES string of the molecule is COc1ccc(S(=O)(=O)Nc2ccc3c(c2)OCO3)cc1N1C(=O)CCC1=O. The molecule has 9 nitrogen and oxygen atoms in total. The molecule has 1 saturated heterocycles. The van der Waals surface area contributed by atoms with Gasteiger partial charge < -0.3 is 14.2 Å². The number of carbonyl (C=O) groups excluding carboxylic acids is 2. The van der Waals surface area contributed by atoms with E-state index in [9.17, 15) is 18.0 Å². The highest BCUT2D eigenvalue weighted by Crippen LogP contribution is 2.37. The van der Waals surface area contributed by atoms with Gasteiger partial charge in [-0.25, -0.2) is 13.3 Å². The van der Waals surface area contributed by atoms with Crippen molar-refractivity contribution < 1.29 is 32.2 Å². The summed E-state index contributed by atoms with van der Waals surface area (Å²) in [7, 11) is -2.62. The molecule has 1 N–H and O–H groups in total. The van der Waals surface area contributed by atoms with Crippen LogP contribution < -0.4 is 23.8 Å². The van der Waals surface area contributed by atoms with E-state index in [1.165, 1.54) is 31.4 Å². The van der Waals surface area contributed by atoms with Gasteiger partial charge in [0.15, 0.2) is 11.5 Å². The first-order chi connectivity index (χ1) is 13.4. The summed E-state index contributed by atoms with van der Waals surface area (Å²) in [4.78, 5) is 25.0. The Balaban J connectivity index is 1.69. The molecule has 146 valence electrons. The Morgan fingerprint density at radius 2 is 1.71 bits per heavy atom. The summed E-state index contributed by atoms with van der Waals surface area (Å²) in [6.45, 7) is 0.0747. The van der Waals surface area contributed by atoms with Crippen molar-refractivity contribution in [3.05, 3.63) is 36.4 Å². The van der Waals surface area contributed by atoms with Crippen LogP contribution in [-0.4, -0.2) is 34.1 Å². The molecule has 28 heavy (non-hydrogen) atoms. The molecule has 2 heterocycles. The zero-order chi connectivity index (χ0) is 19.9. The summed E-state index contributed by atoms with van der Waals surface area (Å²) in [6, 6.07) is 8.64. The number of sulfonamides is 1. The van der Waals surface area contributed by atoms with Crippen LogP contribution in [0.1, 0.15) is 12.8 Å². The molecular weight excluding hydrogens is 388 g/mol. The Hall–Kier alpha value is -3.27. The largest absolute Gasteiger partial charge is 0.495 e. The summed E-state index contributed by atoms with van der Waals surface area (Å²) in [6.07, 6.45) is 0.156. The highest BCUT2D eigenvalue weighted by atomic mass is 32.2. The Morgan fingerprint density at radius 3 is 2.43 bits per heavy atom. The van der Waals surface area contributed by atoms with Crippen molar-refractivity contribution in [1.82, 2.24) is 0 Å². The highest BCUT2D eigenvalue weighted by Gasteiger charge is 2.33. The van der Waals surface area contributed by atoms with E-state index in [0.717, 1.165) is 4.90 Å². The second-order valence-corrected chi connectivity index (χ2v) is 7.81. The van der Waals surface area contributed by atoms with E-state index in [1.807, 2.05) is 0 Å². The van der Waals surface area contributed by atoms with Gasteiger partial charge in [0.25, 0.3) is 10.0 Å². The van der Waals surface area contributed by atoms with Crippen LogP contribution in [0.2, 0.25) is 0 Å². The maximum absolute atomic E-state index is 12.8. The fourth-order valence-corrected chi connectivity index (χ4v) is 4.10. The maximum atomic E-state index is 12.8. The molecule has 1 fully saturated rings. The smallest absolute Gasteiger partial charge is 0.261 e. The van der Waals surface area contributed by atoms with Gasteiger partial charge in [-0.2, -0.15) is 0 Å². The molecular formula is C18H16N2O7S. The van der Waals surface area contributed by atoms with Crippen molar-refractivity contribution in [2.75, 3.05) is 23.5 Å². The molecule has 0 unspecified atom stereocenters. The van der Waals surface area contributed by atoms with Gasteiger partial charge in [-0.05, 0) is 30.3 Å². The number of amides is 2. The monoisotopic (exact) mass is 404 g/mol. The molecule has 0 aromatic heterocycles. The zero-order valence-corrected chi connectivity index (χ0v) is 15.6. The number of fused-ring (bicyclic) bond motifs is 1. The van der Waals surface area contributed by atoms with Gasteiger partial charge in [0, 0.05) is 18.9 Å². The van der Waals surface area contributed by atoms with Crippen LogP contribution in [0.3, 0.4) is 0 Å². The van der Waals surface area contributed by atoms with Gasteiger partial charge >= 0.3 is 0 Å². The Kier molecular flexibility index (Phi) is 4.34. The number of nitrogens with zero attached hydrogens (tertiary/aromatic N) is 1. The molecule has 2 aromatic rings. The van der Waals surface area contributed by atoms with Crippen LogP contribution >= 0.6 is 0 Å². The van der Waals surface area contributed by atoms with Gasteiger partial charge in [-0.15, -0.1) is 0 Å². The molecule has 0 saturated carbocycles. The van der Waals surface area contributed by atoms with E-state index in [4.69, 9.17) is 14.2 Å². The minimum atomic E-state index is -3.99. The van der Waals surface area contributed by atoms with E-state index in [0.29, 0.717) is 11.5 Å². The zero-order valence-electron chi connectivity index (χ0n) is 14.8. The van der Waals surface area contributed by atoms with Crippen molar-refractivity contribution in [2.24, 2.45) is 0 Å². The molecule has 2 aliphatic rings. The maximum Gasteiger partial charge on any atom is 0.261 e. The van der Waals surface area contributed by atoms with Crippen LogP contribution in [-0.2, 0) is 19.6 Å². The molecule has 2 aromatic carbocycles. The minimum Gasteiger partial charge on any atom is -0.495 e. The lowest BCUT2D eigenvalue weighted by atomic mass is 10.2. The van der Waals surface area contributed by atoms with Crippen LogP contribution in [0.15, 0.2) is 41.3 Å². The number of hydrogen-bond acceptors (Lipinski definition) is 7. The highest BCUT2D eigenvalue weighted by molar-refractivity contribution is 7.92. The van der Waals surface area contributed by atoms with Crippen molar-refractivity contribution in [2.45, 2.75) is 17.7 Å². The number of imide groups is 1. The Labute approximate surface area is 160 Å². The average Bonchev–Trinajstić information content (AvgIpc) is 3.26. The van der Waals surface area contributed by atoms with E-state index >= 15 is 0 Å². The van der Waals surface area contributed by atoms with Gasteiger partial charge in [-0.1, -0.05) is 0 Å². The third kappa shape index (κ3) is 3.11. The number of methoxy groups -OCH3 is 1. The molecule has 0 radical (unpaired) electrons. The number of rotatable bonds is 5. The number of nitrogens with one attached hydrogen (secondary N) is 1. The Bertz CT molecular complexity index is 1070. The van der Waals surface area contributed by atoms with Crippen molar-refractivity contribution >= 4 is 33.2 Å². The molecule has 0 aliphatic carbocycles. The summed E-state index contributed by atoms with van der Waals surface area (Å²) in [5.41, 5.74) is 0.388. The summed E-state index contributed by atoms with van der Waals surface area (Å²) in [5.74, 6) is 0.387. The number of anilines is 2. The first-order valence-electron chi connectivity index (χ1n) is 8.35. The lowest BCUT2D eigenvalue weighted by molar-refractivity contribution is -0.121. The van der Waals surface area contributed by atoms with Crippen molar-refractivity contribution in [1.29, 1.82) is 0 Å². The summed E-state index contributed by atoms with van der Waals surface area (Å²) < 4.78 is 43.7. The molecule has 0 bridgehead atoms. The third-order valence-corrected chi connectivity index (χ3v) is 5.76. The van der Waals surface area contributed by atoms with Crippen LogP contribution in [0.4, 0.5) is 11.4 Å². The lowest BCUT2D eigenvalue weighted by Gasteiger charge is -2.18. The predicted molar refractivity (Wildman–Crippen MR) is 98.1 cm³/mol. The minimum absolute atomic E-state index is 0.0747. The van der Waals surface area contributed by atoms with E-state index in [-0.39, 0.29) is 41.7 Å². The molecule has 4 rings (SSSR count). The van der Waals surface area contributed by atoms with Gasteiger partial charge in [0.2, 0.25) is 18.6 Å². The third-order valence-electron chi connectivity index (χ3n) is 4.38. The summed E-state index contributed by atoms with van der Waals surface area (Å²) >= 11 is 0. The van der Waals surface area contributed by atoms with E-state index in [2.05, 4.69) is 4.72 Å². The van der Waals surface area contributed by atoms with Gasteiger partial charge in [0.1, 0.15) is 5.75 Å². The topological polar surface area (TPSA) is 111 Å². The van der Waals surface area contributed by atoms with Crippen LogP contribution in [0.5, 0.6) is 17.2 Å². The Morgan fingerprint density at radius 1 is 1.00 bits per heavy atom. The van der Waals surface area contributed by atoms with Gasteiger partial charge in [-0.3, -0.25) is 14.3 Å². The van der Waals surface area contributed by atoms with Crippen LogP contribution in [0, 0.1) is 0 Å². The first kappa shape index (κ1) is 18.1. The quantitative estimate of drug-likeness (QED) is 0.758. The molecule has 0 atom stereocenters. The fraction of sp³-hybridized carbons (Fsp3) is 0.222. The van der Waals surface area contributed by atoms with E-state index < -0.39 is 21.8 Å². The average molecular weight is 404 g/mol. The standard InChI is InChI=1S/C18H16N2O7S/c1-25-14-5-3-12(9-13(14)20-17(21)6-7-18(20)22)28(23,24)19-11-2-4-15-16(8-11)27-10-26-15/h2-5,8-9,19H,6-7,10H2,1H3. The molecule has 0 spiro atoms. The molecule has 2 amide bonds. The number of ether oxygens (including phenoxy) is 3. The van der Waals surface area contributed by atoms with Crippen molar-refractivity contribution in [3.8, 4) is 17.2 Å². The van der Waals surface area contributed by atoms with E-state index in [1.54, 1.807) is 12.1 Å². The second kappa shape index (κ2) is 6.71. The molecule has 2 aliphatic heterocycles. The normalized spacial score (nSPS) is 15.8. The lowest BCUT2D eigenvalue weighted by Crippen LogP contribution is -2.29. The predicted octanol–water partition coefficient (Wildman–Crippen LogP) is 1.88. The first-order valence-corrected chi connectivity index (χ1v) is 9.83. The van der Waals surface area contributed by atoms with Crippen molar-refractivity contribution in [3.63, 3.8) is 0 Å². The number of hydrogen-bond donors (Lipinski definition) is 1. The molecule has 10 heteroatoms. The fourth-order valence-electron chi connectivity index (χ4n) is 3.03. The van der Waals surface area contributed by atoms with Gasteiger partial charge in [0.05, 0.1) is 23.4 Å². The number of benzene rings is 2. The second-order valence-electron chi connectivity index (χ2n) is 6.13.